The summed E-state index contributed by atoms with van der Waals surface area (Å²) in [5, 5.41) is 0. The fraction of sp³-hybridized carbons (Fsp3) is 0.455. The van der Waals surface area contributed by atoms with Crippen LogP contribution >= 0.6 is 0 Å². The number of ketones is 1. The van der Waals surface area contributed by atoms with E-state index in [0.717, 1.165) is 12.1 Å². The quantitative estimate of drug-likeness (QED) is 0.693. The maximum Gasteiger partial charge on any atom is 0.274 e. The van der Waals surface area contributed by atoms with Gasteiger partial charge in [-0.25, -0.2) is 4.98 Å². The molecule has 0 N–H and O–H groups in total. The number of amides is 1. The molecule has 0 atom stereocenters. The first-order chi connectivity index (χ1) is 7.66. The summed E-state index contributed by atoms with van der Waals surface area (Å²) in [5.41, 5.74) is 1.08. The van der Waals surface area contributed by atoms with Crippen molar-refractivity contribution >= 4 is 11.7 Å². The number of nitrogens with zero attached hydrogens (tertiary/aromatic N) is 3. The van der Waals surface area contributed by atoms with Crippen LogP contribution in [0.3, 0.4) is 0 Å². The smallest absolute Gasteiger partial charge is 0.274 e. The van der Waals surface area contributed by atoms with Crippen LogP contribution in [0.25, 0.3) is 0 Å². The molecule has 1 aromatic heterocycles. The van der Waals surface area contributed by atoms with Crippen LogP contribution in [-0.2, 0) is 4.79 Å². The molecule has 1 saturated heterocycles. The Hall–Kier alpha value is -1.78. The summed E-state index contributed by atoms with van der Waals surface area (Å²) >= 11 is 0. The predicted molar refractivity (Wildman–Crippen MR) is 56.9 cm³/mol. The van der Waals surface area contributed by atoms with Crippen LogP contribution in [0, 0.1) is 6.92 Å². The molecule has 0 saturated carbocycles. The van der Waals surface area contributed by atoms with Gasteiger partial charge in [-0.1, -0.05) is 0 Å². The molecule has 84 valence electrons. The largest absolute Gasteiger partial charge is 0.330 e. The molecule has 0 spiro atoms. The molecule has 16 heavy (non-hydrogen) atoms. The first kappa shape index (κ1) is 10.7. The summed E-state index contributed by atoms with van der Waals surface area (Å²) in [5.74, 6) is -0.0970. The maximum absolute atomic E-state index is 11.9. The van der Waals surface area contributed by atoms with Crippen molar-refractivity contribution in [3.8, 4) is 0 Å². The van der Waals surface area contributed by atoms with Crippen molar-refractivity contribution in [1.29, 1.82) is 0 Å². The summed E-state index contributed by atoms with van der Waals surface area (Å²) in [6.45, 7) is 2.64. The van der Waals surface area contributed by atoms with E-state index in [1.165, 1.54) is 11.1 Å². The lowest BCUT2D eigenvalue weighted by Crippen LogP contribution is -2.40. The Kier molecular flexibility index (Phi) is 2.94. The highest BCUT2D eigenvalue weighted by Gasteiger charge is 2.23. The first-order valence-corrected chi connectivity index (χ1v) is 5.26. The molecule has 1 fully saturated rings. The monoisotopic (exact) mass is 219 g/mol. The second-order valence-electron chi connectivity index (χ2n) is 3.91. The maximum atomic E-state index is 11.9. The van der Waals surface area contributed by atoms with Crippen LogP contribution in [0.1, 0.15) is 29.0 Å². The van der Waals surface area contributed by atoms with Crippen LogP contribution in [0.15, 0.2) is 12.4 Å². The summed E-state index contributed by atoms with van der Waals surface area (Å²) in [6.07, 6.45) is 4.32. The van der Waals surface area contributed by atoms with Crippen molar-refractivity contribution in [3.05, 3.63) is 23.8 Å². The Labute approximate surface area is 93.5 Å². The second kappa shape index (κ2) is 4.38. The minimum Gasteiger partial charge on any atom is -0.330 e. The predicted octanol–water partition coefficient (Wildman–Crippen LogP) is 0.590. The van der Waals surface area contributed by atoms with Crippen molar-refractivity contribution in [3.63, 3.8) is 0 Å². The van der Waals surface area contributed by atoms with Gasteiger partial charge in [-0.15, -0.1) is 0 Å². The second-order valence-corrected chi connectivity index (χ2v) is 3.91. The van der Waals surface area contributed by atoms with Gasteiger partial charge in [-0.3, -0.25) is 14.6 Å². The number of Topliss-reactive ketones (excluding diaryl/α,β-unsaturated/α-hetero) is 1. The highest BCUT2D eigenvalue weighted by Crippen LogP contribution is 2.09. The van der Waals surface area contributed by atoms with E-state index in [4.69, 9.17) is 0 Å². The molecule has 2 heterocycles. The Morgan fingerprint density at radius 1 is 1.38 bits per heavy atom. The average molecular weight is 219 g/mol. The number of carbonyl (C=O) groups is 2. The SMILES string of the molecule is Cc1cnc(C(=O)N2CCCC(=O)C2)cn1. The standard InChI is InChI=1S/C11H13N3O2/c1-8-5-13-10(6-12-8)11(16)14-4-2-3-9(15)7-14/h5-6H,2-4,7H2,1H3. The Balaban J connectivity index is 2.12. The van der Waals surface area contributed by atoms with E-state index in [9.17, 15) is 9.59 Å². The summed E-state index contributed by atoms with van der Waals surface area (Å²) in [4.78, 5) is 32.7. The van der Waals surface area contributed by atoms with Crippen molar-refractivity contribution in [1.82, 2.24) is 14.9 Å². The van der Waals surface area contributed by atoms with Crippen molar-refractivity contribution < 1.29 is 9.59 Å². The van der Waals surface area contributed by atoms with Gasteiger partial charge in [0.25, 0.3) is 5.91 Å². The first-order valence-electron chi connectivity index (χ1n) is 5.26. The van der Waals surface area contributed by atoms with Crippen LogP contribution in [-0.4, -0.2) is 39.6 Å². The van der Waals surface area contributed by atoms with E-state index in [1.54, 1.807) is 6.20 Å². The minimum atomic E-state index is -0.208. The van der Waals surface area contributed by atoms with Gasteiger partial charge in [0, 0.05) is 19.2 Å². The van der Waals surface area contributed by atoms with Crippen LogP contribution in [0.4, 0.5) is 0 Å². The van der Waals surface area contributed by atoms with E-state index < -0.39 is 0 Å². The molecule has 1 aliphatic heterocycles. The molecule has 5 nitrogen and oxygen atoms in total. The molecule has 5 heteroatoms. The zero-order valence-corrected chi connectivity index (χ0v) is 9.14. The fourth-order valence-electron chi connectivity index (χ4n) is 1.68. The normalized spacial score (nSPS) is 16.3. The molecule has 0 radical (unpaired) electrons. The molecule has 0 bridgehead atoms. The summed E-state index contributed by atoms with van der Waals surface area (Å²) in [6, 6.07) is 0. The Morgan fingerprint density at radius 2 is 2.19 bits per heavy atom. The van der Waals surface area contributed by atoms with Crippen LogP contribution in [0.2, 0.25) is 0 Å². The van der Waals surface area contributed by atoms with E-state index in [2.05, 4.69) is 9.97 Å². The number of hydrogen-bond acceptors (Lipinski definition) is 4. The fourth-order valence-corrected chi connectivity index (χ4v) is 1.68. The number of rotatable bonds is 1. The molecule has 1 aromatic rings. The number of likely N-dealkylation sites (tertiary alicyclic amines) is 1. The van der Waals surface area contributed by atoms with Crippen molar-refractivity contribution in [2.45, 2.75) is 19.8 Å². The van der Waals surface area contributed by atoms with Crippen LogP contribution < -0.4 is 0 Å². The van der Waals surface area contributed by atoms with Gasteiger partial charge in [0.1, 0.15) is 5.69 Å². The number of hydrogen-bond donors (Lipinski definition) is 0. The molecular weight excluding hydrogens is 206 g/mol. The number of aromatic nitrogens is 2. The average Bonchev–Trinajstić information content (AvgIpc) is 2.29. The lowest BCUT2D eigenvalue weighted by Gasteiger charge is -2.25. The molecular formula is C11H13N3O2. The van der Waals surface area contributed by atoms with Gasteiger partial charge in [0.2, 0.25) is 0 Å². The third-order valence-electron chi connectivity index (χ3n) is 2.54. The van der Waals surface area contributed by atoms with Crippen molar-refractivity contribution in [2.24, 2.45) is 0 Å². The summed E-state index contributed by atoms with van der Waals surface area (Å²) in [7, 11) is 0. The van der Waals surface area contributed by atoms with Gasteiger partial charge >= 0.3 is 0 Å². The molecule has 1 amide bonds. The molecule has 1 aliphatic rings. The zero-order valence-electron chi connectivity index (χ0n) is 9.14. The minimum absolute atomic E-state index is 0.111. The highest BCUT2D eigenvalue weighted by atomic mass is 16.2. The van der Waals surface area contributed by atoms with E-state index >= 15 is 0 Å². The molecule has 0 aliphatic carbocycles. The third kappa shape index (κ3) is 2.24. The zero-order chi connectivity index (χ0) is 11.5. The summed E-state index contributed by atoms with van der Waals surface area (Å²) < 4.78 is 0. The lowest BCUT2D eigenvalue weighted by molar-refractivity contribution is -0.121. The number of carbonyl (C=O) groups excluding carboxylic acids is 2. The number of piperidine rings is 1. The van der Waals surface area contributed by atoms with E-state index in [1.807, 2.05) is 6.92 Å². The van der Waals surface area contributed by atoms with Crippen molar-refractivity contribution in [2.75, 3.05) is 13.1 Å². The van der Waals surface area contributed by atoms with Gasteiger partial charge in [0.15, 0.2) is 5.78 Å². The third-order valence-corrected chi connectivity index (χ3v) is 2.54. The van der Waals surface area contributed by atoms with Gasteiger partial charge in [-0.2, -0.15) is 0 Å². The molecule has 0 unspecified atom stereocenters. The number of aryl methyl sites for hydroxylation is 1. The Morgan fingerprint density at radius 3 is 2.81 bits per heavy atom. The lowest BCUT2D eigenvalue weighted by atomic mass is 10.1. The molecule has 0 aromatic carbocycles. The van der Waals surface area contributed by atoms with Gasteiger partial charge in [0.05, 0.1) is 18.4 Å². The molecule has 2 rings (SSSR count). The Bertz CT molecular complexity index is 414. The van der Waals surface area contributed by atoms with E-state index in [0.29, 0.717) is 18.7 Å². The topological polar surface area (TPSA) is 63.2 Å². The van der Waals surface area contributed by atoms with Gasteiger partial charge < -0.3 is 4.90 Å². The van der Waals surface area contributed by atoms with Crippen LogP contribution in [0.5, 0.6) is 0 Å². The van der Waals surface area contributed by atoms with E-state index in [-0.39, 0.29) is 18.2 Å². The van der Waals surface area contributed by atoms with Gasteiger partial charge in [-0.05, 0) is 13.3 Å². The highest BCUT2D eigenvalue weighted by molar-refractivity contribution is 5.95.